The second kappa shape index (κ2) is 4.15. The summed E-state index contributed by atoms with van der Waals surface area (Å²) in [5, 5.41) is 1.97. The second-order valence-electron chi connectivity index (χ2n) is 4.96. The van der Waals surface area contributed by atoms with Crippen LogP contribution >= 0.6 is 11.3 Å². The third-order valence-electron chi connectivity index (χ3n) is 3.64. The molecule has 3 heterocycles. The summed E-state index contributed by atoms with van der Waals surface area (Å²) in [4.78, 5) is 17.7. The van der Waals surface area contributed by atoms with Crippen molar-refractivity contribution in [1.82, 2.24) is 9.38 Å². The number of hydrogen-bond donors (Lipinski definition) is 1. The van der Waals surface area contributed by atoms with E-state index in [1.165, 1.54) is 0 Å². The number of carbonyl (C=O) groups excluding carboxylic acids is 1. The quantitative estimate of drug-likeness (QED) is 0.894. The number of aromatic nitrogens is 2. The number of nitrogens with two attached hydrogens (primary N) is 1. The van der Waals surface area contributed by atoms with Gasteiger partial charge < -0.3 is 10.5 Å². The molecule has 0 radical (unpaired) electrons. The van der Waals surface area contributed by atoms with Crippen LogP contribution in [0.25, 0.3) is 4.96 Å². The minimum Gasteiger partial charge on any atom is -0.379 e. The summed E-state index contributed by atoms with van der Waals surface area (Å²) in [5.74, 6) is 0.109. The molecule has 2 N–H and O–H groups in total. The van der Waals surface area contributed by atoms with Gasteiger partial charge in [0.1, 0.15) is 5.78 Å². The Morgan fingerprint density at radius 2 is 2.61 bits per heavy atom. The van der Waals surface area contributed by atoms with E-state index >= 15 is 0 Å². The Kier molecular flexibility index (Phi) is 2.73. The van der Waals surface area contributed by atoms with Crippen molar-refractivity contribution in [2.24, 2.45) is 11.1 Å². The maximum Gasteiger partial charge on any atom is 0.193 e. The number of ketones is 1. The van der Waals surface area contributed by atoms with E-state index in [0.29, 0.717) is 19.6 Å². The number of nitrogens with zero attached hydrogens (tertiary/aromatic N) is 2. The van der Waals surface area contributed by atoms with Crippen LogP contribution in [0.4, 0.5) is 0 Å². The smallest absolute Gasteiger partial charge is 0.193 e. The van der Waals surface area contributed by atoms with Crippen molar-refractivity contribution in [2.45, 2.75) is 19.4 Å². The Bertz CT molecular complexity index is 562. The molecule has 2 aromatic rings. The van der Waals surface area contributed by atoms with Crippen LogP contribution in [0.15, 0.2) is 17.8 Å². The summed E-state index contributed by atoms with van der Waals surface area (Å²) in [6.07, 6.45) is 4.16. The summed E-state index contributed by atoms with van der Waals surface area (Å²) in [5.41, 5.74) is 6.18. The monoisotopic (exact) mass is 265 g/mol. The first-order chi connectivity index (χ1) is 8.59. The van der Waals surface area contributed by atoms with Gasteiger partial charge in [0.05, 0.1) is 30.7 Å². The Labute approximate surface area is 109 Å². The molecule has 0 aliphatic carbocycles. The van der Waals surface area contributed by atoms with E-state index < -0.39 is 5.41 Å². The first-order valence-electron chi connectivity index (χ1n) is 5.87. The van der Waals surface area contributed by atoms with Gasteiger partial charge in [0.25, 0.3) is 0 Å². The van der Waals surface area contributed by atoms with Crippen LogP contribution in [0.5, 0.6) is 0 Å². The van der Waals surface area contributed by atoms with Gasteiger partial charge in [-0.1, -0.05) is 0 Å². The molecule has 0 bridgehead atoms. The highest BCUT2D eigenvalue weighted by molar-refractivity contribution is 7.15. The predicted molar refractivity (Wildman–Crippen MR) is 68.7 cm³/mol. The molecule has 6 heteroatoms. The Hall–Kier alpha value is -1.24. The molecule has 0 saturated carbocycles. The third kappa shape index (κ3) is 1.77. The zero-order chi connectivity index (χ0) is 12.8. The highest BCUT2D eigenvalue weighted by atomic mass is 32.1. The molecule has 0 amide bonds. The number of rotatable bonds is 3. The molecule has 5 nitrogen and oxygen atoms in total. The van der Waals surface area contributed by atoms with Crippen LogP contribution in [0, 0.1) is 5.41 Å². The molecule has 2 unspecified atom stereocenters. The number of imidazole rings is 1. The van der Waals surface area contributed by atoms with Crippen molar-refractivity contribution in [3.8, 4) is 0 Å². The van der Waals surface area contributed by atoms with Crippen LogP contribution in [0.3, 0.4) is 0 Å². The maximum atomic E-state index is 12.3. The molecule has 1 saturated heterocycles. The van der Waals surface area contributed by atoms with Crippen molar-refractivity contribution in [3.05, 3.63) is 23.5 Å². The molecule has 96 valence electrons. The first kappa shape index (κ1) is 11.8. The minimum absolute atomic E-state index is 0.109. The standard InChI is InChI=1S/C12H15N3O2S/c1-12(7-17-6-9(12)13)10(16)4-8-5-15-2-3-18-11(15)14-8/h2-3,5,9H,4,6-7,13H2,1H3. The van der Waals surface area contributed by atoms with Gasteiger partial charge in [-0.2, -0.15) is 0 Å². The van der Waals surface area contributed by atoms with E-state index in [1.807, 2.05) is 29.1 Å². The van der Waals surface area contributed by atoms with Crippen molar-refractivity contribution >= 4 is 22.1 Å². The zero-order valence-corrected chi connectivity index (χ0v) is 10.9. The lowest BCUT2D eigenvalue weighted by atomic mass is 9.80. The molecule has 1 aliphatic rings. The van der Waals surface area contributed by atoms with Gasteiger partial charge in [0.2, 0.25) is 0 Å². The summed E-state index contributed by atoms with van der Waals surface area (Å²) in [6, 6.07) is -0.214. The van der Waals surface area contributed by atoms with E-state index in [2.05, 4.69) is 4.98 Å². The van der Waals surface area contributed by atoms with Gasteiger partial charge in [-0.05, 0) is 6.92 Å². The fraction of sp³-hybridized carbons (Fsp3) is 0.500. The average molecular weight is 265 g/mol. The largest absolute Gasteiger partial charge is 0.379 e. The first-order valence-corrected chi connectivity index (χ1v) is 6.75. The van der Waals surface area contributed by atoms with Crippen molar-refractivity contribution in [1.29, 1.82) is 0 Å². The van der Waals surface area contributed by atoms with E-state index in [-0.39, 0.29) is 11.8 Å². The number of ether oxygens (including phenoxy) is 1. The van der Waals surface area contributed by atoms with Gasteiger partial charge in [0.15, 0.2) is 4.96 Å². The van der Waals surface area contributed by atoms with Crippen LogP contribution < -0.4 is 5.73 Å². The SMILES string of the molecule is CC1(C(=O)Cc2cn3ccsc3n2)COCC1N. The molecule has 1 aliphatic heterocycles. The van der Waals surface area contributed by atoms with Crippen LogP contribution in [-0.4, -0.2) is 34.4 Å². The number of thiazole rings is 1. The molecular formula is C12H15N3O2S. The zero-order valence-electron chi connectivity index (χ0n) is 10.1. The van der Waals surface area contributed by atoms with Gasteiger partial charge in [-0.25, -0.2) is 4.98 Å². The molecule has 2 aromatic heterocycles. The Morgan fingerprint density at radius 3 is 3.28 bits per heavy atom. The number of fused-ring (bicyclic) bond motifs is 1. The molecule has 3 rings (SSSR count). The molecule has 18 heavy (non-hydrogen) atoms. The summed E-state index contributed by atoms with van der Waals surface area (Å²) < 4.78 is 7.24. The van der Waals surface area contributed by atoms with Crippen molar-refractivity contribution in [3.63, 3.8) is 0 Å². The van der Waals surface area contributed by atoms with E-state index in [1.54, 1.807) is 11.3 Å². The predicted octanol–water partition coefficient (Wildman–Crippen LogP) is 0.871. The fourth-order valence-electron chi connectivity index (χ4n) is 2.20. The Morgan fingerprint density at radius 1 is 1.78 bits per heavy atom. The third-order valence-corrected chi connectivity index (χ3v) is 4.41. The minimum atomic E-state index is -0.572. The van der Waals surface area contributed by atoms with E-state index in [9.17, 15) is 4.79 Å². The molecule has 0 aromatic carbocycles. The highest BCUT2D eigenvalue weighted by Gasteiger charge is 2.43. The molecule has 2 atom stereocenters. The van der Waals surface area contributed by atoms with Crippen molar-refractivity contribution in [2.75, 3.05) is 13.2 Å². The van der Waals surface area contributed by atoms with Crippen LogP contribution in [0.1, 0.15) is 12.6 Å². The number of Topliss-reactive ketones (excluding diaryl/α,β-unsaturated/α-hetero) is 1. The van der Waals surface area contributed by atoms with Crippen LogP contribution in [0.2, 0.25) is 0 Å². The fourth-order valence-corrected chi connectivity index (χ4v) is 2.92. The lowest BCUT2D eigenvalue weighted by Gasteiger charge is -2.24. The molecule has 0 spiro atoms. The van der Waals surface area contributed by atoms with Gasteiger partial charge in [-0.15, -0.1) is 11.3 Å². The normalized spacial score (nSPS) is 28.0. The summed E-state index contributed by atoms with van der Waals surface area (Å²) in [7, 11) is 0. The topological polar surface area (TPSA) is 69.6 Å². The van der Waals surface area contributed by atoms with Gasteiger partial charge >= 0.3 is 0 Å². The molecular weight excluding hydrogens is 250 g/mol. The van der Waals surface area contributed by atoms with Gasteiger partial charge in [0, 0.05) is 23.8 Å². The summed E-state index contributed by atoms with van der Waals surface area (Å²) >= 11 is 1.56. The molecule has 1 fully saturated rings. The maximum absolute atomic E-state index is 12.3. The van der Waals surface area contributed by atoms with Crippen molar-refractivity contribution < 1.29 is 9.53 Å². The van der Waals surface area contributed by atoms with E-state index in [0.717, 1.165) is 10.7 Å². The number of carbonyl (C=O) groups is 1. The lowest BCUT2D eigenvalue weighted by molar-refractivity contribution is -0.127. The highest BCUT2D eigenvalue weighted by Crippen LogP contribution is 2.29. The van der Waals surface area contributed by atoms with Crippen LogP contribution in [-0.2, 0) is 16.0 Å². The average Bonchev–Trinajstić information content (AvgIpc) is 2.95. The lowest BCUT2D eigenvalue weighted by Crippen LogP contribution is -2.45. The second-order valence-corrected chi connectivity index (χ2v) is 5.84. The Balaban J connectivity index is 1.80. The number of hydrogen-bond acceptors (Lipinski definition) is 5. The van der Waals surface area contributed by atoms with Gasteiger partial charge in [-0.3, -0.25) is 9.20 Å². The van der Waals surface area contributed by atoms with E-state index in [4.69, 9.17) is 10.5 Å². The summed E-state index contributed by atoms with van der Waals surface area (Å²) in [6.45, 7) is 2.75.